The van der Waals surface area contributed by atoms with Gasteiger partial charge in [0.1, 0.15) is 0 Å². The lowest BCUT2D eigenvalue weighted by molar-refractivity contribution is -0.139. The highest BCUT2D eigenvalue weighted by Gasteiger charge is 2.42. The smallest absolute Gasteiger partial charge is 0.242 e. The minimum atomic E-state index is -0.240. The fourth-order valence-electron chi connectivity index (χ4n) is 2.86. The van der Waals surface area contributed by atoms with Gasteiger partial charge in [-0.3, -0.25) is 4.79 Å². The lowest BCUT2D eigenvalue weighted by Crippen LogP contribution is -2.59. The van der Waals surface area contributed by atoms with Crippen molar-refractivity contribution in [3.05, 3.63) is 0 Å². The van der Waals surface area contributed by atoms with Gasteiger partial charge in [0.2, 0.25) is 5.91 Å². The summed E-state index contributed by atoms with van der Waals surface area (Å²) in [7, 11) is 4.05. The molecule has 92 valence electrons. The van der Waals surface area contributed by atoms with Gasteiger partial charge in [0.15, 0.2) is 0 Å². The summed E-state index contributed by atoms with van der Waals surface area (Å²) in [4.78, 5) is 16.8. The maximum absolute atomic E-state index is 12.5. The van der Waals surface area contributed by atoms with E-state index < -0.39 is 0 Å². The van der Waals surface area contributed by atoms with Crippen LogP contribution in [0, 0.1) is 0 Å². The van der Waals surface area contributed by atoms with Crippen molar-refractivity contribution in [2.75, 3.05) is 40.3 Å². The van der Waals surface area contributed by atoms with Gasteiger partial charge < -0.3 is 15.1 Å². The molecule has 0 bridgehead atoms. The molecule has 0 unspecified atom stereocenters. The van der Waals surface area contributed by atoms with Crippen LogP contribution in [-0.4, -0.2) is 61.5 Å². The highest BCUT2D eigenvalue weighted by atomic mass is 16.2. The first-order chi connectivity index (χ1) is 7.68. The Balaban J connectivity index is 2.00. The van der Waals surface area contributed by atoms with Crippen molar-refractivity contribution < 1.29 is 4.79 Å². The molecule has 4 heteroatoms. The van der Waals surface area contributed by atoms with E-state index >= 15 is 0 Å². The predicted octanol–water partition coefficient (Wildman–Crippen LogP) is 0.293. The van der Waals surface area contributed by atoms with E-state index in [4.69, 9.17) is 0 Å². The maximum atomic E-state index is 12.5. The molecule has 0 aromatic rings. The molecule has 1 N–H and O–H groups in total. The van der Waals surface area contributed by atoms with E-state index in [1.807, 2.05) is 11.9 Å². The fraction of sp³-hybridized carbons (Fsp3) is 0.917. The first-order valence-electron chi connectivity index (χ1n) is 6.35. The van der Waals surface area contributed by atoms with Crippen LogP contribution in [0.2, 0.25) is 0 Å². The quantitative estimate of drug-likeness (QED) is 0.734. The Morgan fingerprint density at radius 3 is 2.19 bits per heavy atom. The Labute approximate surface area is 98.0 Å². The van der Waals surface area contributed by atoms with Crippen molar-refractivity contribution in [2.24, 2.45) is 0 Å². The van der Waals surface area contributed by atoms with E-state index in [9.17, 15) is 4.79 Å². The molecule has 2 aliphatic rings. The Kier molecular flexibility index (Phi) is 3.50. The maximum Gasteiger partial charge on any atom is 0.242 e. The first kappa shape index (κ1) is 11.9. The number of likely N-dealkylation sites (N-methyl/N-ethyl adjacent to an activating group) is 2. The topological polar surface area (TPSA) is 35.6 Å². The summed E-state index contributed by atoms with van der Waals surface area (Å²) < 4.78 is 0. The third kappa shape index (κ3) is 2.09. The van der Waals surface area contributed by atoms with Gasteiger partial charge in [0.25, 0.3) is 0 Å². The second kappa shape index (κ2) is 4.72. The molecule has 1 saturated carbocycles. The molecular formula is C12H23N3O. The third-order valence-electron chi connectivity index (χ3n) is 4.14. The fourth-order valence-corrected chi connectivity index (χ4v) is 2.86. The van der Waals surface area contributed by atoms with Crippen molar-refractivity contribution >= 4 is 5.91 Å². The number of carbonyl (C=O) groups is 1. The summed E-state index contributed by atoms with van der Waals surface area (Å²) >= 11 is 0. The van der Waals surface area contributed by atoms with E-state index in [2.05, 4.69) is 17.3 Å². The molecule has 1 aliphatic heterocycles. The molecule has 4 nitrogen and oxygen atoms in total. The Morgan fingerprint density at radius 2 is 1.69 bits per heavy atom. The molecule has 2 fully saturated rings. The summed E-state index contributed by atoms with van der Waals surface area (Å²) in [5, 5.41) is 3.28. The number of carbonyl (C=O) groups excluding carboxylic acids is 1. The molecule has 1 amide bonds. The summed E-state index contributed by atoms with van der Waals surface area (Å²) in [5.41, 5.74) is -0.240. The minimum absolute atomic E-state index is 0.240. The van der Waals surface area contributed by atoms with Gasteiger partial charge in [-0.1, -0.05) is 12.8 Å². The Bertz CT molecular complexity index is 253. The number of nitrogens with zero attached hydrogens (tertiary/aromatic N) is 2. The van der Waals surface area contributed by atoms with Crippen LogP contribution in [-0.2, 0) is 4.79 Å². The molecule has 1 aliphatic carbocycles. The van der Waals surface area contributed by atoms with Crippen LogP contribution in [0.1, 0.15) is 25.7 Å². The van der Waals surface area contributed by atoms with E-state index in [1.165, 1.54) is 12.8 Å². The second-order valence-electron chi connectivity index (χ2n) is 5.13. The molecule has 16 heavy (non-hydrogen) atoms. The number of nitrogens with one attached hydrogen (secondary N) is 1. The third-order valence-corrected chi connectivity index (χ3v) is 4.14. The van der Waals surface area contributed by atoms with Crippen molar-refractivity contribution in [1.29, 1.82) is 0 Å². The number of rotatable bonds is 2. The van der Waals surface area contributed by atoms with E-state index in [1.54, 1.807) is 0 Å². The van der Waals surface area contributed by atoms with Crippen molar-refractivity contribution in [1.82, 2.24) is 15.1 Å². The molecule has 1 saturated heterocycles. The molecule has 2 rings (SSSR count). The normalized spacial score (nSPS) is 26.0. The predicted molar refractivity (Wildman–Crippen MR) is 64.3 cm³/mol. The van der Waals surface area contributed by atoms with Crippen LogP contribution in [0.5, 0.6) is 0 Å². The van der Waals surface area contributed by atoms with Crippen LogP contribution in [0.25, 0.3) is 0 Å². The molecule has 0 aromatic heterocycles. The van der Waals surface area contributed by atoms with Crippen molar-refractivity contribution in [3.63, 3.8) is 0 Å². The number of amides is 1. The van der Waals surface area contributed by atoms with Gasteiger partial charge >= 0.3 is 0 Å². The average Bonchev–Trinajstić information content (AvgIpc) is 2.79. The van der Waals surface area contributed by atoms with Crippen LogP contribution >= 0.6 is 0 Å². The van der Waals surface area contributed by atoms with Crippen molar-refractivity contribution in [3.8, 4) is 0 Å². The summed E-state index contributed by atoms with van der Waals surface area (Å²) in [6.07, 6.45) is 4.38. The van der Waals surface area contributed by atoms with E-state index in [0.29, 0.717) is 5.91 Å². The van der Waals surface area contributed by atoms with Gasteiger partial charge in [-0.2, -0.15) is 0 Å². The molecule has 0 spiro atoms. The first-order valence-corrected chi connectivity index (χ1v) is 6.35. The Hall–Kier alpha value is -0.610. The van der Waals surface area contributed by atoms with E-state index in [0.717, 1.165) is 39.0 Å². The zero-order valence-electron chi connectivity index (χ0n) is 10.5. The molecule has 0 radical (unpaired) electrons. The van der Waals surface area contributed by atoms with Gasteiger partial charge in [-0.25, -0.2) is 0 Å². The van der Waals surface area contributed by atoms with Gasteiger partial charge in [0, 0.05) is 26.2 Å². The molecule has 0 atom stereocenters. The summed E-state index contributed by atoms with van der Waals surface area (Å²) in [5.74, 6) is 0.334. The van der Waals surface area contributed by atoms with Crippen LogP contribution in [0.3, 0.4) is 0 Å². The lowest BCUT2D eigenvalue weighted by Gasteiger charge is -2.38. The van der Waals surface area contributed by atoms with E-state index in [-0.39, 0.29) is 5.54 Å². The number of piperazine rings is 1. The minimum Gasteiger partial charge on any atom is -0.339 e. The number of hydrogen-bond donors (Lipinski definition) is 1. The molecule has 0 aromatic carbocycles. The van der Waals surface area contributed by atoms with Gasteiger partial charge in [-0.15, -0.1) is 0 Å². The lowest BCUT2D eigenvalue weighted by atomic mass is 9.95. The highest BCUT2D eigenvalue weighted by Crippen LogP contribution is 2.31. The standard InChI is InChI=1S/C12H23N3O/c1-13-12(5-3-4-6-12)11(16)15-9-7-14(2)8-10-15/h13H,3-10H2,1-2H3. The van der Waals surface area contributed by atoms with Gasteiger partial charge in [0.05, 0.1) is 5.54 Å². The summed E-state index contributed by atoms with van der Waals surface area (Å²) in [6, 6.07) is 0. The van der Waals surface area contributed by atoms with Crippen LogP contribution in [0.4, 0.5) is 0 Å². The summed E-state index contributed by atoms with van der Waals surface area (Å²) in [6.45, 7) is 3.79. The Morgan fingerprint density at radius 1 is 1.12 bits per heavy atom. The SMILES string of the molecule is CNC1(C(=O)N2CCN(C)CC2)CCCC1. The van der Waals surface area contributed by atoms with Crippen molar-refractivity contribution in [2.45, 2.75) is 31.2 Å². The molecule has 1 heterocycles. The zero-order chi connectivity index (χ0) is 11.6. The largest absolute Gasteiger partial charge is 0.339 e. The second-order valence-corrected chi connectivity index (χ2v) is 5.13. The monoisotopic (exact) mass is 225 g/mol. The van der Waals surface area contributed by atoms with Crippen LogP contribution in [0.15, 0.2) is 0 Å². The van der Waals surface area contributed by atoms with Gasteiger partial charge in [-0.05, 0) is 26.9 Å². The zero-order valence-corrected chi connectivity index (χ0v) is 10.5. The molecular weight excluding hydrogens is 202 g/mol. The highest BCUT2D eigenvalue weighted by molar-refractivity contribution is 5.86. The average molecular weight is 225 g/mol. The number of hydrogen-bond acceptors (Lipinski definition) is 3. The van der Waals surface area contributed by atoms with Crippen LogP contribution < -0.4 is 5.32 Å².